The summed E-state index contributed by atoms with van der Waals surface area (Å²) in [5.74, 6) is -0.205. The maximum Gasteiger partial charge on any atom is 0.234 e. The molecule has 2 amide bonds. The van der Waals surface area contributed by atoms with Gasteiger partial charge < -0.3 is 10.6 Å². The highest BCUT2D eigenvalue weighted by molar-refractivity contribution is 8.00. The molecule has 27 heavy (non-hydrogen) atoms. The molecule has 8 heteroatoms. The second kappa shape index (κ2) is 7.74. The van der Waals surface area contributed by atoms with Crippen molar-refractivity contribution >= 4 is 44.8 Å². The van der Waals surface area contributed by atoms with Gasteiger partial charge in [0.1, 0.15) is 0 Å². The molecule has 3 rings (SSSR count). The van der Waals surface area contributed by atoms with E-state index in [0.29, 0.717) is 17.1 Å². The number of hydrogen-bond acceptors (Lipinski definition) is 5. The molecular weight excluding hydrogens is 384 g/mol. The van der Waals surface area contributed by atoms with Crippen LogP contribution in [0.3, 0.4) is 0 Å². The molecule has 0 fully saturated rings. The van der Waals surface area contributed by atoms with Gasteiger partial charge in [-0.25, -0.2) is 8.42 Å². The fourth-order valence-corrected chi connectivity index (χ4v) is 4.92. The van der Waals surface area contributed by atoms with Crippen molar-refractivity contribution in [1.82, 2.24) is 0 Å². The third-order valence-corrected chi connectivity index (χ3v) is 7.54. The zero-order chi connectivity index (χ0) is 19.6. The summed E-state index contributed by atoms with van der Waals surface area (Å²) in [6.45, 7) is 3.38. The van der Waals surface area contributed by atoms with Crippen LogP contribution < -0.4 is 10.6 Å². The Balaban J connectivity index is 1.74. The predicted octanol–water partition coefficient (Wildman–Crippen LogP) is 3.23. The third-order valence-electron chi connectivity index (χ3n) is 4.33. The number of nitrogens with one attached hydrogen (secondary N) is 2. The van der Waals surface area contributed by atoms with E-state index in [1.807, 2.05) is 25.1 Å². The molecule has 0 bridgehead atoms. The molecule has 1 atom stereocenters. The van der Waals surface area contributed by atoms with Crippen molar-refractivity contribution in [2.24, 2.45) is 0 Å². The van der Waals surface area contributed by atoms with Crippen LogP contribution in [0, 0.1) is 6.92 Å². The minimum Gasteiger partial charge on any atom is -0.326 e. The van der Waals surface area contributed by atoms with Crippen molar-refractivity contribution < 1.29 is 18.0 Å². The second-order valence-electron chi connectivity index (χ2n) is 6.42. The SMILES string of the molecule is Cc1ccccc1NC(=O)C[C@H](C)S(=O)(=O)c1ccc2c(c1)NC(=O)CS2. The van der Waals surface area contributed by atoms with Crippen molar-refractivity contribution in [2.45, 2.75) is 35.3 Å². The molecule has 0 aromatic heterocycles. The van der Waals surface area contributed by atoms with Gasteiger partial charge in [-0.05, 0) is 43.7 Å². The van der Waals surface area contributed by atoms with Crippen molar-refractivity contribution in [2.75, 3.05) is 16.4 Å². The third kappa shape index (κ3) is 4.33. The molecule has 0 saturated carbocycles. The number of anilines is 2. The number of aryl methyl sites for hydroxylation is 1. The maximum atomic E-state index is 12.9. The Morgan fingerprint density at radius 3 is 2.74 bits per heavy atom. The van der Waals surface area contributed by atoms with E-state index in [9.17, 15) is 18.0 Å². The summed E-state index contributed by atoms with van der Waals surface area (Å²) >= 11 is 1.37. The summed E-state index contributed by atoms with van der Waals surface area (Å²) in [6, 6.07) is 12.0. The highest BCUT2D eigenvalue weighted by Crippen LogP contribution is 2.34. The van der Waals surface area contributed by atoms with Crippen LogP contribution in [0.25, 0.3) is 0 Å². The standard InChI is InChI=1S/C19H20N2O4S2/c1-12-5-3-4-6-15(12)20-18(22)9-13(2)27(24,25)14-7-8-17-16(10-14)21-19(23)11-26-17/h3-8,10,13H,9,11H2,1-2H3,(H,20,22)(H,21,23)/t13-/m0/s1. The molecule has 0 spiro atoms. The molecule has 1 aliphatic rings. The number of carbonyl (C=O) groups is 2. The maximum absolute atomic E-state index is 12.9. The van der Waals surface area contributed by atoms with Gasteiger partial charge in [-0.1, -0.05) is 18.2 Å². The van der Waals surface area contributed by atoms with Gasteiger partial charge >= 0.3 is 0 Å². The van der Waals surface area contributed by atoms with Crippen molar-refractivity contribution in [3.8, 4) is 0 Å². The monoisotopic (exact) mass is 404 g/mol. The van der Waals surface area contributed by atoms with E-state index in [1.54, 1.807) is 12.1 Å². The normalized spacial score (nSPS) is 14.8. The minimum atomic E-state index is -3.71. The lowest BCUT2D eigenvalue weighted by molar-refractivity contribution is -0.116. The van der Waals surface area contributed by atoms with E-state index in [4.69, 9.17) is 0 Å². The fraction of sp³-hybridized carbons (Fsp3) is 0.263. The van der Waals surface area contributed by atoms with Crippen LogP contribution in [0.1, 0.15) is 18.9 Å². The fourth-order valence-electron chi connectivity index (χ4n) is 2.76. The molecule has 142 valence electrons. The first kappa shape index (κ1) is 19.4. The highest BCUT2D eigenvalue weighted by Gasteiger charge is 2.27. The second-order valence-corrected chi connectivity index (χ2v) is 9.80. The van der Waals surface area contributed by atoms with E-state index in [2.05, 4.69) is 10.6 Å². The van der Waals surface area contributed by atoms with Crippen LogP contribution in [0.4, 0.5) is 11.4 Å². The van der Waals surface area contributed by atoms with Crippen LogP contribution in [-0.4, -0.2) is 31.2 Å². The lowest BCUT2D eigenvalue weighted by Gasteiger charge is -2.19. The first-order valence-electron chi connectivity index (χ1n) is 8.43. The van der Waals surface area contributed by atoms with Gasteiger partial charge in [0.15, 0.2) is 9.84 Å². The number of benzene rings is 2. The summed E-state index contributed by atoms with van der Waals surface area (Å²) in [5.41, 5.74) is 2.07. The summed E-state index contributed by atoms with van der Waals surface area (Å²) < 4.78 is 25.7. The summed E-state index contributed by atoms with van der Waals surface area (Å²) in [6.07, 6.45) is -0.158. The zero-order valence-electron chi connectivity index (χ0n) is 15.0. The van der Waals surface area contributed by atoms with Gasteiger partial charge in [-0.3, -0.25) is 9.59 Å². The Hall–Kier alpha value is -2.32. The molecule has 0 radical (unpaired) electrons. The molecular formula is C19H20N2O4S2. The summed E-state index contributed by atoms with van der Waals surface area (Å²) in [7, 11) is -3.71. The first-order valence-corrected chi connectivity index (χ1v) is 11.0. The molecule has 1 aliphatic heterocycles. The van der Waals surface area contributed by atoms with Gasteiger partial charge in [0.25, 0.3) is 0 Å². The van der Waals surface area contributed by atoms with Crippen LogP contribution >= 0.6 is 11.8 Å². The van der Waals surface area contributed by atoms with Gasteiger partial charge in [0.05, 0.1) is 21.6 Å². The van der Waals surface area contributed by atoms with E-state index < -0.39 is 15.1 Å². The topological polar surface area (TPSA) is 92.3 Å². The molecule has 2 aromatic carbocycles. The molecule has 2 aromatic rings. The smallest absolute Gasteiger partial charge is 0.234 e. The van der Waals surface area contributed by atoms with Crippen molar-refractivity contribution in [3.05, 3.63) is 48.0 Å². The number of thioether (sulfide) groups is 1. The van der Waals surface area contributed by atoms with Gasteiger partial charge in [-0.2, -0.15) is 0 Å². The molecule has 2 N–H and O–H groups in total. The molecule has 6 nitrogen and oxygen atoms in total. The van der Waals surface area contributed by atoms with Gasteiger partial charge in [0.2, 0.25) is 11.8 Å². The first-order chi connectivity index (χ1) is 12.8. The summed E-state index contributed by atoms with van der Waals surface area (Å²) in [5, 5.41) is 4.55. The Bertz CT molecular complexity index is 1000. The molecule has 1 heterocycles. The Morgan fingerprint density at radius 2 is 2.00 bits per heavy atom. The van der Waals surface area contributed by atoms with E-state index in [0.717, 1.165) is 10.5 Å². The van der Waals surface area contributed by atoms with Crippen LogP contribution in [0.5, 0.6) is 0 Å². The molecule has 0 saturated heterocycles. The van der Waals surface area contributed by atoms with Crippen molar-refractivity contribution in [3.63, 3.8) is 0 Å². The van der Waals surface area contributed by atoms with Crippen LogP contribution in [0.2, 0.25) is 0 Å². The average Bonchev–Trinajstić information content (AvgIpc) is 2.62. The Morgan fingerprint density at radius 1 is 1.26 bits per heavy atom. The Kier molecular flexibility index (Phi) is 5.57. The minimum absolute atomic E-state index is 0.0974. The predicted molar refractivity (Wildman–Crippen MR) is 107 cm³/mol. The Labute approximate surface area is 162 Å². The lowest BCUT2D eigenvalue weighted by atomic mass is 10.2. The van der Waals surface area contributed by atoms with Gasteiger partial charge in [0, 0.05) is 17.0 Å². The number of fused-ring (bicyclic) bond motifs is 1. The van der Waals surface area contributed by atoms with E-state index in [1.165, 1.54) is 30.8 Å². The number of carbonyl (C=O) groups excluding carboxylic acids is 2. The number of hydrogen-bond donors (Lipinski definition) is 2. The quantitative estimate of drug-likeness (QED) is 0.798. The molecule has 0 unspecified atom stereocenters. The zero-order valence-corrected chi connectivity index (χ0v) is 16.6. The van der Waals surface area contributed by atoms with Crippen molar-refractivity contribution in [1.29, 1.82) is 0 Å². The number of para-hydroxylation sites is 1. The summed E-state index contributed by atoms with van der Waals surface area (Å²) in [4.78, 5) is 24.8. The largest absolute Gasteiger partial charge is 0.326 e. The highest BCUT2D eigenvalue weighted by atomic mass is 32.2. The molecule has 0 aliphatic carbocycles. The van der Waals surface area contributed by atoms with Crippen LogP contribution in [0.15, 0.2) is 52.3 Å². The van der Waals surface area contributed by atoms with E-state index >= 15 is 0 Å². The average molecular weight is 405 g/mol. The van der Waals surface area contributed by atoms with E-state index in [-0.39, 0.29) is 23.1 Å². The number of sulfone groups is 1. The van der Waals surface area contributed by atoms with Gasteiger partial charge in [-0.15, -0.1) is 11.8 Å². The lowest BCUT2D eigenvalue weighted by Crippen LogP contribution is -2.25. The number of amides is 2. The number of rotatable bonds is 5. The van der Waals surface area contributed by atoms with Crippen LogP contribution in [-0.2, 0) is 19.4 Å².